The molecule has 2 aromatic heterocycles. The number of thiazole rings is 1. The Morgan fingerprint density at radius 2 is 1.84 bits per heavy atom. The van der Waals surface area contributed by atoms with Gasteiger partial charge in [0.15, 0.2) is 5.13 Å². The van der Waals surface area contributed by atoms with Crippen LogP contribution in [-0.2, 0) is 6.54 Å². The quantitative estimate of drug-likeness (QED) is 0.371. The van der Waals surface area contributed by atoms with Gasteiger partial charge in [-0.1, -0.05) is 53.8 Å². The van der Waals surface area contributed by atoms with Gasteiger partial charge in [-0.3, -0.25) is 14.5 Å². The van der Waals surface area contributed by atoms with E-state index in [1.165, 1.54) is 22.5 Å². The van der Waals surface area contributed by atoms with Gasteiger partial charge in [-0.2, -0.15) is 0 Å². The van der Waals surface area contributed by atoms with Crippen LogP contribution in [0.2, 0.25) is 0 Å². The van der Waals surface area contributed by atoms with Crippen LogP contribution in [0.15, 0.2) is 88.3 Å². The Hall–Kier alpha value is -3.97. The minimum atomic E-state index is -0.459. The van der Waals surface area contributed by atoms with Crippen molar-refractivity contribution in [3.8, 4) is 5.75 Å². The summed E-state index contributed by atoms with van der Waals surface area (Å²) in [6.07, 6.45) is 1.24. The molecule has 5 aromatic rings. The highest BCUT2D eigenvalue weighted by Gasteiger charge is 2.25. The van der Waals surface area contributed by atoms with Crippen molar-refractivity contribution in [3.63, 3.8) is 0 Å². The van der Waals surface area contributed by atoms with Gasteiger partial charge in [0, 0.05) is 0 Å². The van der Waals surface area contributed by atoms with Crippen molar-refractivity contribution in [1.82, 2.24) is 4.98 Å². The number of methoxy groups -OCH3 is 1. The second kappa shape index (κ2) is 8.28. The van der Waals surface area contributed by atoms with Crippen molar-refractivity contribution in [2.45, 2.75) is 6.54 Å². The number of fused-ring (bicyclic) bond motifs is 2. The van der Waals surface area contributed by atoms with Gasteiger partial charge in [-0.05, 0) is 35.9 Å². The van der Waals surface area contributed by atoms with E-state index in [4.69, 9.17) is 9.15 Å². The summed E-state index contributed by atoms with van der Waals surface area (Å²) in [5, 5.41) is 0.863. The largest absolute Gasteiger partial charge is 0.497 e. The summed E-state index contributed by atoms with van der Waals surface area (Å²) in [5.41, 5.74) is 1.72. The Kier molecular flexibility index (Phi) is 5.17. The molecule has 0 bridgehead atoms. The van der Waals surface area contributed by atoms with Gasteiger partial charge in [0.2, 0.25) is 5.43 Å². The number of benzene rings is 3. The first-order chi connectivity index (χ1) is 15.6. The molecule has 0 radical (unpaired) electrons. The highest BCUT2D eigenvalue weighted by atomic mass is 32.1. The molecule has 0 spiro atoms. The lowest BCUT2D eigenvalue weighted by Crippen LogP contribution is -2.33. The van der Waals surface area contributed by atoms with E-state index in [-0.39, 0.29) is 17.5 Å². The van der Waals surface area contributed by atoms with Gasteiger partial charge in [0.05, 0.1) is 29.3 Å². The van der Waals surface area contributed by atoms with Crippen LogP contribution in [0.5, 0.6) is 5.75 Å². The maximum Gasteiger partial charge on any atom is 0.267 e. The first kappa shape index (κ1) is 20.0. The molecule has 2 heterocycles. The Morgan fingerprint density at radius 3 is 2.66 bits per heavy atom. The second-order valence-electron chi connectivity index (χ2n) is 7.18. The molecule has 3 aromatic carbocycles. The molecule has 0 saturated carbocycles. The lowest BCUT2D eigenvalue weighted by Gasteiger charge is -2.19. The molecule has 32 heavy (non-hydrogen) atoms. The molecule has 5 rings (SSSR count). The average molecular weight is 442 g/mol. The van der Waals surface area contributed by atoms with Crippen LogP contribution < -0.4 is 15.1 Å². The topological polar surface area (TPSA) is 72.6 Å². The summed E-state index contributed by atoms with van der Waals surface area (Å²) in [4.78, 5) is 32.9. The summed E-state index contributed by atoms with van der Waals surface area (Å²) >= 11 is 1.37. The first-order valence-corrected chi connectivity index (χ1v) is 10.8. The molecule has 0 atom stereocenters. The van der Waals surface area contributed by atoms with Gasteiger partial charge in [-0.15, -0.1) is 0 Å². The van der Waals surface area contributed by atoms with Crippen molar-refractivity contribution in [2.75, 3.05) is 12.0 Å². The summed E-state index contributed by atoms with van der Waals surface area (Å²) in [5.74, 6) is 0.253. The lowest BCUT2D eigenvalue weighted by molar-refractivity contribution is 0.0982. The molecule has 1 amide bonds. The molecule has 7 heteroatoms. The van der Waals surface area contributed by atoms with Crippen LogP contribution in [0.25, 0.3) is 21.2 Å². The van der Waals surface area contributed by atoms with Crippen molar-refractivity contribution in [1.29, 1.82) is 0 Å². The Balaban J connectivity index is 1.62. The van der Waals surface area contributed by atoms with Gasteiger partial charge < -0.3 is 9.15 Å². The minimum Gasteiger partial charge on any atom is -0.497 e. The minimum absolute atomic E-state index is 0.0310. The monoisotopic (exact) mass is 442 g/mol. The molecule has 0 N–H and O–H groups in total. The Morgan fingerprint density at radius 1 is 1.06 bits per heavy atom. The first-order valence-electron chi connectivity index (χ1n) is 9.95. The number of carbonyl (C=O) groups excluding carboxylic acids is 1. The van der Waals surface area contributed by atoms with Crippen LogP contribution >= 0.6 is 11.3 Å². The Bertz CT molecular complexity index is 1490. The third kappa shape index (κ3) is 3.63. The van der Waals surface area contributed by atoms with Crippen LogP contribution in [-0.4, -0.2) is 18.0 Å². The number of ether oxygens (including phenoxy) is 1. The van der Waals surface area contributed by atoms with E-state index < -0.39 is 5.91 Å². The fraction of sp³-hybridized carbons (Fsp3) is 0.0800. The normalized spacial score (nSPS) is 11.0. The molecule has 0 aliphatic heterocycles. The van der Waals surface area contributed by atoms with Crippen LogP contribution in [0.3, 0.4) is 0 Å². The zero-order chi connectivity index (χ0) is 22.1. The molecular weight excluding hydrogens is 424 g/mol. The lowest BCUT2D eigenvalue weighted by atomic mass is 10.1. The Labute approximate surface area is 187 Å². The van der Waals surface area contributed by atoms with Crippen molar-refractivity contribution in [3.05, 3.63) is 100 Å². The average Bonchev–Trinajstić information content (AvgIpc) is 3.26. The summed E-state index contributed by atoms with van der Waals surface area (Å²) < 4.78 is 11.8. The van der Waals surface area contributed by atoms with Crippen molar-refractivity contribution >= 4 is 43.6 Å². The zero-order valence-electron chi connectivity index (χ0n) is 17.1. The van der Waals surface area contributed by atoms with E-state index in [0.717, 1.165) is 15.8 Å². The number of aromatic nitrogens is 1. The number of hydrogen-bond donors (Lipinski definition) is 0. The van der Waals surface area contributed by atoms with Crippen LogP contribution in [0, 0.1) is 0 Å². The van der Waals surface area contributed by atoms with E-state index in [1.807, 2.05) is 48.5 Å². The predicted molar refractivity (Wildman–Crippen MR) is 126 cm³/mol. The third-order valence-corrected chi connectivity index (χ3v) is 6.20. The van der Waals surface area contributed by atoms with E-state index in [0.29, 0.717) is 21.9 Å². The maximum absolute atomic E-state index is 13.6. The fourth-order valence-electron chi connectivity index (χ4n) is 3.50. The van der Waals surface area contributed by atoms with Crippen molar-refractivity contribution < 1.29 is 13.9 Å². The van der Waals surface area contributed by atoms with Crippen LogP contribution in [0.1, 0.15) is 15.9 Å². The van der Waals surface area contributed by atoms with Crippen LogP contribution in [0.4, 0.5) is 5.13 Å². The second-order valence-corrected chi connectivity index (χ2v) is 8.19. The molecule has 0 aliphatic rings. The number of anilines is 1. The van der Waals surface area contributed by atoms with E-state index in [9.17, 15) is 9.59 Å². The summed E-state index contributed by atoms with van der Waals surface area (Å²) in [7, 11) is 1.60. The van der Waals surface area contributed by atoms with Gasteiger partial charge in [-0.25, -0.2) is 4.98 Å². The number of hydrogen-bond acceptors (Lipinski definition) is 6. The highest BCUT2D eigenvalue weighted by molar-refractivity contribution is 7.22. The molecule has 158 valence electrons. The molecule has 0 fully saturated rings. The highest BCUT2D eigenvalue weighted by Crippen LogP contribution is 2.33. The van der Waals surface area contributed by atoms with E-state index in [2.05, 4.69) is 4.98 Å². The van der Waals surface area contributed by atoms with Crippen molar-refractivity contribution in [2.24, 2.45) is 0 Å². The summed E-state index contributed by atoms with van der Waals surface area (Å²) in [6, 6.07) is 22.0. The number of rotatable bonds is 5. The van der Waals surface area contributed by atoms with E-state index in [1.54, 1.807) is 31.4 Å². The van der Waals surface area contributed by atoms with Gasteiger partial charge in [0.1, 0.15) is 23.2 Å². The molecule has 0 unspecified atom stereocenters. The van der Waals surface area contributed by atoms with Gasteiger partial charge >= 0.3 is 0 Å². The fourth-order valence-corrected chi connectivity index (χ4v) is 4.49. The third-order valence-electron chi connectivity index (χ3n) is 5.15. The molecular formula is C25H18N2O4S. The smallest absolute Gasteiger partial charge is 0.267 e. The number of carbonyl (C=O) groups is 1. The molecule has 0 aliphatic carbocycles. The SMILES string of the molecule is COc1ccc2nc(N(Cc3ccccc3)C(=O)c3coc4ccccc4c3=O)sc2c1. The molecule has 0 saturated heterocycles. The maximum atomic E-state index is 13.6. The molecule has 6 nitrogen and oxygen atoms in total. The number of para-hydroxylation sites is 1. The standard InChI is InChI=1S/C25H18N2O4S/c1-30-17-11-12-20-22(13-17)32-25(26-20)27(14-16-7-3-2-4-8-16)24(29)19-15-31-21-10-6-5-9-18(21)23(19)28/h2-13,15H,14H2,1H3. The summed E-state index contributed by atoms with van der Waals surface area (Å²) in [6.45, 7) is 0.267. The van der Waals surface area contributed by atoms with Gasteiger partial charge in [0.25, 0.3) is 5.91 Å². The predicted octanol–water partition coefficient (Wildman–Crippen LogP) is 5.26. The number of amides is 1. The zero-order valence-corrected chi connectivity index (χ0v) is 18.0. The number of nitrogens with zero attached hydrogens (tertiary/aromatic N) is 2. The van der Waals surface area contributed by atoms with E-state index >= 15 is 0 Å².